The second kappa shape index (κ2) is 5.77. The van der Waals surface area contributed by atoms with Gasteiger partial charge in [-0.05, 0) is 34.5 Å². The van der Waals surface area contributed by atoms with Crippen molar-refractivity contribution in [1.29, 1.82) is 0 Å². The fourth-order valence-electron chi connectivity index (χ4n) is 2.34. The number of ether oxygens (including phenoxy) is 1. The average Bonchev–Trinajstić information content (AvgIpc) is 2.52. The topological polar surface area (TPSA) is 66.8 Å². The Labute approximate surface area is 127 Å². The minimum atomic E-state index is -1.22. The molecule has 0 fully saturated rings. The van der Waals surface area contributed by atoms with Crippen LogP contribution in [0.15, 0.2) is 60.7 Å². The zero-order chi connectivity index (χ0) is 15.5. The standard InChI is InChI=1S/C18H14O4/c19-15-6-3-7-16(17(15)18(20)21)22-11-12-8-9-13-4-1-2-5-14(13)10-12/h1-10,19H,11H2,(H,20,21). The van der Waals surface area contributed by atoms with Crippen molar-refractivity contribution in [2.75, 3.05) is 0 Å². The first-order valence-electron chi connectivity index (χ1n) is 6.81. The number of carboxylic acids is 1. The fraction of sp³-hybridized carbons (Fsp3) is 0.0556. The van der Waals surface area contributed by atoms with Crippen LogP contribution in [0.2, 0.25) is 0 Å². The number of hydrogen-bond acceptors (Lipinski definition) is 3. The van der Waals surface area contributed by atoms with Crippen LogP contribution in [-0.2, 0) is 6.61 Å². The van der Waals surface area contributed by atoms with Gasteiger partial charge < -0.3 is 14.9 Å². The smallest absolute Gasteiger partial charge is 0.343 e. The van der Waals surface area contributed by atoms with Gasteiger partial charge in [-0.1, -0.05) is 42.5 Å². The highest BCUT2D eigenvalue weighted by molar-refractivity contribution is 5.94. The summed E-state index contributed by atoms with van der Waals surface area (Å²) in [5, 5.41) is 21.0. The first-order valence-corrected chi connectivity index (χ1v) is 6.81. The van der Waals surface area contributed by atoms with Gasteiger partial charge in [0, 0.05) is 0 Å². The maximum Gasteiger partial charge on any atom is 0.343 e. The van der Waals surface area contributed by atoms with Crippen LogP contribution in [-0.4, -0.2) is 16.2 Å². The van der Waals surface area contributed by atoms with Crippen LogP contribution in [0.4, 0.5) is 0 Å². The van der Waals surface area contributed by atoms with Crippen LogP contribution in [0.1, 0.15) is 15.9 Å². The molecule has 0 atom stereocenters. The van der Waals surface area contributed by atoms with E-state index >= 15 is 0 Å². The van der Waals surface area contributed by atoms with Crippen LogP contribution in [0.5, 0.6) is 11.5 Å². The van der Waals surface area contributed by atoms with Gasteiger partial charge >= 0.3 is 5.97 Å². The van der Waals surface area contributed by atoms with Crippen molar-refractivity contribution in [3.05, 3.63) is 71.8 Å². The molecule has 0 spiro atoms. The van der Waals surface area contributed by atoms with Crippen LogP contribution in [0.3, 0.4) is 0 Å². The molecule has 3 aromatic carbocycles. The van der Waals surface area contributed by atoms with E-state index < -0.39 is 5.97 Å². The summed E-state index contributed by atoms with van der Waals surface area (Å²) in [6.07, 6.45) is 0. The van der Waals surface area contributed by atoms with Crippen molar-refractivity contribution in [2.45, 2.75) is 6.61 Å². The molecule has 0 radical (unpaired) electrons. The van der Waals surface area contributed by atoms with Crippen molar-refractivity contribution in [3.8, 4) is 11.5 Å². The minimum Gasteiger partial charge on any atom is -0.507 e. The van der Waals surface area contributed by atoms with Crippen LogP contribution in [0.25, 0.3) is 10.8 Å². The Balaban J connectivity index is 1.85. The van der Waals surface area contributed by atoms with E-state index in [-0.39, 0.29) is 23.7 Å². The van der Waals surface area contributed by atoms with Gasteiger partial charge in [0.25, 0.3) is 0 Å². The molecule has 3 rings (SSSR count). The predicted octanol–water partition coefficient (Wildman–Crippen LogP) is 3.82. The zero-order valence-electron chi connectivity index (χ0n) is 11.7. The van der Waals surface area contributed by atoms with E-state index in [2.05, 4.69) is 0 Å². The van der Waals surface area contributed by atoms with Crippen molar-refractivity contribution < 1.29 is 19.7 Å². The molecular formula is C18H14O4. The third-order valence-corrected chi connectivity index (χ3v) is 3.43. The van der Waals surface area contributed by atoms with E-state index in [1.165, 1.54) is 12.1 Å². The average molecular weight is 294 g/mol. The summed E-state index contributed by atoms with van der Waals surface area (Å²) < 4.78 is 5.57. The first-order chi connectivity index (χ1) is 10.6. The molecule has 0 aliphatic rings. The van der Waals surface area contributed by atoms with E-state index in [1.807, 2.05) is 42.5 Å². The van der Waals surface area contributed by atoms with Crippen molar-refractivity contribution in [3.63, 3.8) is 0 Å². The number of hydrogen-bond donors (Lipinski definition) is 2. The fourth-order valence-corrected chi connectivity index (χ4v) is 2.34. The quantitative estimate of drug-likeness (QED) is 0.767. The SMILES string of the molecule is O=C(O)c1c(O)cccc1OCc1ccc2ccccc2c1. The maximum atomic E-state index is 11.2. The molecule has 4 heteroatoms. The Hall–Kier alpha value is -3.01. The molecule has 0 saturated heterocycles. The van der Waals surface area contributed by atoms with Gasteiger partial charge in [-0.2, -0.15) is 0 Å². The summed E-state index contributed by atoms with van der Waals surface area (Å²) >= 11 is 0. The summed E-state index contributed by atoms with van der Waals surface area (Å²) in [5.74, 6) is -1.37. The molecular weight excluding hydrogens is 280 g/mol. The number of phenols is 1. The molecule has 0 heterocycles. The molecule has 22 heavy (non-hydrogen) atoms. The van der Waals surface area contributed by atoms with Crippen molar-refractivity contribution in [2.24, 2.45) is 0 Å². The first kappa shape index (κ1) is 13.9. The number of carboxylic acid groups (broad SMARTS) is 1. The number of aromatic hydroxyl groups is 1. The predicted molar refractivity (Wildman–Crippen MR) is 83.3 cm³/mol. The van der Waals surface area contributed by atoms with Gasteiger partial charge in [-0.25, -0.2) is 4.79 Å². The largest absolute Gasteiger partial charge is 0.507 e. The molecule has 0 bridgehead atoms. The highest BCUT2D eigenvalue weighted by Crippen LogP contribution is 2.28. The van der Waals surface area contributed by atoms with Gasteiger partial charge in [-0.15, -0.1) is 0 Å². The second-order valence-electron chi connectivity index (χ2n) is 4.93. The van der Waals surface area contributed by atoms with Crippen LogP contribution in [0, 0.1) is 0 Å². The zero-order valence-corrected chi connectivity index (χ0v) is 11.7. The highest BCUT2D eigenvalue weighted by atomic mass is 16.5. The lowest BCUT2D eigenvalue weighted by Gasteiger charge is -2.10. The Kier molecular flexibility index (Phi) is 3.66. The summed E-state index contributed by atoms with van der Waals surface area (Å²) in [5.41, 5.74) is 0.710. The monoisotopic (exact) mass is 294 g/mol. The van der Waals surface area contributed by atoms with E-state index in [0.29, 0.717) is 0 Å². The summed E-state index contributed by atoms with van der Waals surface area (Å²) in [6.45, 7) is 0.231. The molecule has 4 nitrogen and oxygen atoms in total. The lowest BCUT2D eigenvalue weighted by atomic mass is 10.1. The summed E-state index contributed by atoms with van der Waals surface area (Å²) in [7, 11) is 0. The third kappa shape index (κ3) is 2.72. The molecule has 0 aromatic heterocycles. The lowest BCUT2D eigenvalue weighted by Crippen LogP contribution is -2.03. The minimum absolute atomic E-state index is 0.153. The molecule has 0 amide bonds. The number of benzene rings is 3. The normalized spacial score (nSPS) is 10.5. The van der Waals surface area contributed by atoms with Gasteiger partial charge in [0.2, 0.25) is 0 Å². The number of aromatic carboxylic acids is 1. The van der Waals surface area contributed by atoms with Crippen LogP contribution < -0.4 is 4.74 Å². The van der Waals surface area contributed by atoms with E-state index in [9.17, 15) is 9.90 Å². The van der Waals surface area contributed by atoms with Gasteiger partial charge in [0.1, 0.15) is 23.7 Å². The second-order valence-corrected chi connectivity index (χ2v) is 4.93. The third-order valence-electron chi connectivity index (χ3n) is 3.43. The Morgan fingerprint density at radius 1 is 0.955 bits per heavy atom. The Bertz CT molecular complexity index is 839. The van der Waals surface area contributed by atoms with Crippen LogP contribution >= 0.6 is 0 Å². The molecule has 110 valence electrons. The van der Waals surface area contributed by atoms with E-state index in [1.54, 1.807) is 6.07 Å². The van der Waals surface area contributed by atoms with Gasteiger partial charge in [0.15, 0.2) is 0 Å². The van der Waals surface area contributed by atoms with E-state index in [4.69, 9.17) is 9.84 Å². The number of fused-ring (bicyclic) bond motifs is 1. The lowest BCUT2D eigenvalue weighted by molar-refractivity contribution is 0.0688. The summed E-state index contributed by atoms with van der Waals surface area (Å²) in [4.78, 5) is 11.2. The Morgan fingerprint density at radius 3 is 2.50 bits per heavy atom. The van der Waals surface area contributed by atoms with E-state index in [0.717, 1.165) is 16.3 Å². The van der Waals surface area contributed by atoms with Gasteiger partial charge in [-0.3, -0.25) is 0 Å². The molecule has 0 saturated carbocycles. The molecule has 0 unspecified atom stereocenters. The van der Waals surface area contributed by atoms with Crippen molar-refractivity contribution >= 4 is 16.7 Å². The number of carbonyl (C=O) groups is 1. The Morgan fingerprint density at radius 2 is 1.73 bits per heavy atom. The molecule has 2 N–H and O–H groups in total. The summed E-state index contributed by atoms with van der Waals surface area (Å²) in [6, 6.07) is 18.3. The molecule has 0 aliphatic carbocycles. The number of rotatable bonds is 4. The maximum absolute atomic E-state index is 11.2. The van der Waals surface area contributed by atoms with Crippen molar-refractivity contribution in [1.82, 2.24) is 0 Å². The molecule has 3 aromatic rings. The highest BCUT2D eigenvalue weighted by Gasteiger charge is 2.16. The van der Waals surface area contributed by atoms with Gasteiger partial charge in [0.05, 0.1) is 0 Å². The molecule has 0 aliphatic heterocycles.